The van der Waals surface area contributed by atoms with Crippen LogP contribution in [0, 0.1) is 35.8 Å². The van der Waals surface area contributed by atoms with Gasteiger partial charge in [-0.3, -0.25) is 14.9 Å². The Hall–Kier alpha value is -1.95. The summed E-state index contributed by atoms with van der Waals surface area (Å²) in [7, 11) is 0. The zero-order valence-corrected chi connectivity index (χ0v) is 12.4. The molecule has 0 spiro atoms. The van der Waals surface area contributed by atoms with Gasteiger partial charge < -0.3 is 11.1 Å². The maximum atomic E-state index is 12.4. The van der Waals surface area contributed by atoms with Crippen LogP contribution in [-0.2, 0) is 4.79 Å². The average molecular weight is 291 g/mol. The summed E-state index contributed by atoms with van der Waals surface area (Å²) in [6.07, 6.45) is 2.73. The third-order valence-electron chi connectivity index (χ3n) is 4.37. The number of nitrogens with one attached hydrogen (secondary N) is 1. The van der Waals surface area contributed by atoms with E-state index >= 15 is 0 Å². The summed E-state index contributed by atoms with van der Waals surface area (Å²) in [6, 6.07) is 3.16. The number of nitrogens with two attached hydrogens (primary N) is 1. The molecule has 1 aromatic rings. The number of hydrogen-bond donors (Lipinski definition) is 2. The van der Waals surface area contributed by atoms with Gasteiger partial charge in [-0.2, -0.15) is 0 Å². The SMILES string of the molecule is Cc1cc(NC(=O)C2CCCC2CN)c([N+](=O)[O-])cc1C. The molecule has 1 aromatic carbocycles. The standard InChI is InChI=1S/C15H21N3O3/c1-9-6-13(14(18(20)21)7-10(9)2)17-15(19)12-5-3-4-11(12)8-16/h6-7,11-12H,3-5,8,16H2,1-2H3,(H,17,19). The minimum atomic E-state index is -0.461. The van der Waals surface area contributed by atoms with Crippen LogP contribution in [0.5, 0.6) is 0 Å². The van der Waals surface area contributed by atoms with Gasteiger partial charge in [-0.1, -0.05) is 6.42 Å². The Morgan fingerprint density at radius 1 is 1.38 bits per heavy atom. The van der Waals surface area contributed by atoms with Crippen LogP contribution in [-0.4, -0.2) is 17.4 Å². The van der Waals surface area contributed by atoms with Crippen molar-refractivity contribution in [2.45, 2.75) is 33.1 Å². The molecule has 0 radical (unpaired) electrons. The number of nitro benzene ring substituents is 1. The van der Waals surface area contributed by atoms with Crippen molar-refractivity contribution in [1.82, 2.24) is 0 Å². The summed E-state index contributed by atoms with van der Waals surface area (Å²) >= 11 is 0. The van der Waals surface area contributed by atoms with Crippen LogP contribution in [0.2, 0.25) is 0 Å². The summed E-state index contributed by atoms with van der Waals surface area (Å²) < 4.78 is 0. The van der Waals surface area contributed by atoms with Crippen molar-refractivity contribution in [2.75, 3.05) is 11.9 Å². The molecule has 2 unspecified atom stereocenters. The third-order valence-corrected chi connectivity index (χ3v) is 4.37. The number of amides is 1. The molecule has 0 bridgehead atoms. The molecule has 0 aliphatic heterocycles. The largest absolute Gasteiger partial charge is 0.330 e. The fraction of sp³-hybridized carbons (Fsp3) is 0.533. The van der Waals surface area contributed by atoms with E-state index < -0.39 is 4.92 Å². The Kier molecular flexibility index (Phi) is 4.57. The number of nitro groups is 1. The van der Waals surface area contributed by atoms with Crippen LogP contribution < -0.4 is 11.1 Å². The van der Waals surface area contributed by atoms with Crippen LogP contribution in [0.1, 0.15) is 30.4 Å². The van der Waals surface area contributed by atoms with E-state index in [0.717, 1.165) is 30.4 Å². The highest BCUT2D eigenvalue weighted by atomic mass is 16.6. The van der Waals surface area contributed by atoms with E-state index in [1.165, 1.54) is 6.07 Å². The van der Waals surface area contributed by atoms with Gasteiger partial charge in [0.15, 0.2) is 0 Å². The summed E-state index contributed by atoms with van der Waals surface area (Å²) in [5, 5.41) is 13.9. The number of aryl methyl sites for hydroxylation is 2. The van der Waals surface area contributed by atoms with Crippen molar-refractivity contribution in [3.05, 3.63) is 33.4 Å². The molecule has 1 fully saturated rings. The number of nitrogens with zero attached hydrogens (tertiary/aromatic N) is 1. The maximum absolute atomic E-state index is 12.4. The van der Waals surface area contributed by atoms with Crippen LogP contribution in [0.15, 0.2) is 12.1 Å². The topological polar surface area (TPSA) is 98.3 Å². The molecule has 0 aromatic heterocycles. The highest BCUT2D eigenvalue weighted by Gasteiger charge is 2.32. The van der Waals surface area contributed by atoms with Gasteiger partial charge in [0.2, 0.25) is 5.91 Å². The Morgan fingerprint density at radius 2 is 2.05 bits per heavy atom. The second-order valence-corrected chi connectivity index (χ2v) is 5.73. The zero-order valence-electron chi connectivity index (χ0n) is 12.4. The van der Waals surface area contributed by atoms with E-state index in [1.54, 1.807) is 6.07 Å². The lowest BCUT2D eigenvalue weighted by molar-refractivity contribution is -0.384. The molecule has 0 saturated heterocycles. The maximum Gasteiger partial charge on any atom is 0.293 e. The van der Waals surface area contributed by atoms with Crippen LogP contribution in [0.25, 0.3) is 0 Å². The lowest BCUT2D eigenvalue weighted by Crippen LogP contribution is -2.30. The second-order valence-electron chi connectivity index (χ2n) is 5.73. The molecule has 2 rings (SSSR count). The minimum absolute atomic E-state index is 0.0613. The number of carbonyl (C=O) groups excluding carboxylic acids is 1. The van der Waals surface area contributed by atoms with E-state index in [0.29, 0.717) is 6.54 Å². The molecule has 0 heterocycles. The van der Waals surface area contributed by atoms with Crippen LogP contribution in [0.4, 0.5) is 11.4 Å². The lowest BCUT2D eigenvalue weighted by Gasteiger charge is -2.17. The molecule has 1 amide bonds. The number of anilines is 1. The molecule has 1 aliphatic carbocycles. The van der Waals surface area contributed by atoms with Crippen molar-refractivity contribution in [3.8, 4) is 0 Å². The monoisotopic (exact) mass is 291 g/mol. The Bertz CT molecular complexity index is 572. The van der Waals surface area contributed by atoms with Gasteiger partial charge in [-0.25, -0.2) is 0 Å². The molecular weight excluding hydrogens is 270 g/mol. The predicted octanol–water partition coefficient (Wildman–Crippen LogP) is 2.53. The summed E-state index contributed by atoms with van der Waals surface area (Å²) in [4.78, 5) is 23.0. The molecule has 114 valence electrons. The first-order valence-electron chi connectivity index (χ1n) is 7.20. The molecule has 2 atom stereocenters. The van der Waals surface area contributed by atoms with Gasteiger partial charge in [-0.05, 0) is 56.3 Å². The summed E-state index contributed by atoms with van der Waals surface area (Å²) in [6.45, 7) is 4.16. The van der Waals surface area contributed by atoms with E-state index in [2.05, 4.69) is 5.32 Å². The Morgan fingerprint density at radius 3 is 2.67 bits per heavy atom. The van der Waals surface area contributed by atoms with Crippen LogP contribution >= 0.6 is 0 Å². The van der Waals surface area contributed by atoms with Crippen molar-refractivity contribution < 1.29 is 9.72 Å². The highest BCUT2D eigenvalue weighted by molar-refractivity contribution is 5.95. The molecule has 1 aliphatic rings. The minimum Gasteiger partial charge on any atom is -0.330 e. The molecule has 1 saturated carbocycles. The summed E-state index contributed by atoms with van der Waals surface area (Å²) in [5.41, 5.74) is 7.65. The van der Waals surface area contributed by atoms with Gasteiger partial charge in [0.1, 0.15) is 5.69 Å². The first-order valence-corrected chi connectivity index (χ1v) is 7.20. The van der Waals surface area contributed by atoms with E-state index in [9.17, 15) is 14.9 Å². The van der Waals surface area contributed by atoms with Gasteiger partial charge in [-0.15, -0.1) is 0 Å². The van der Waals surface area contributed by atoms with Gasteiger partial charge in [0.05, 0.1) is 4.92 Å². The first kappa shape index (κ1) is 15.4. The Balaban J connectivity index is 2.24. The fourth-order valence-electron chi connectivity index (χ4n) is 2.94. The molecular formula is C15H21N3O3. The van der Waals surface area contributed by atoms with Crippen molar-refractivity contribution in [1.29, 1.82) is 0 Å². The fourth-order valence-corrected chi connectivity index (χ4v) is 2.94. The Labute approximate surface area is 123 Å². The van der Waals surface area contributed by atoms with Gasteiger partial charge >= 0.3 is 0 Å². The van der Waals surface area contributed by atoms with E-state index in [1.807, 2.05) is 13.8 Å². The normalized spacial score (nSPS) is 21.3. The van der Waals surface area contributed by atoms with E-state index in [4.69, 9.17) is 5.73 Å². The van der Waals surface area contributed by atoms with Gasteiger partial charge in [0, 0.05) is 12.0 Å². The van der Waals surface area contributed by atoms with Crippen LogP contribution in [0.3, 0.4) is 0 Å². The lowest BCUT2D eigenvalue weighted by atomic mass is 9.95. The number of hydrogen-bond acceptors (Lipinski definition) is 4. The van der Waals surface area contributed by atoms with Crippen molar-refractivity contribution >= 4 is 17.3 Å². The predicted molar refractivity (Wildman–Crippen MR) is 81.1 cm³/mol. The van der Waals surface area contributed by atoms with Gasteiger partial charge in [0.25, 0.3) is 5.69 Å². The first-order chi connectivity index (χ1) is 9.93. The highest BCUT2D eigenvalue weighted by Crippen LogP contribution is 2.34. The number of carbonyl (C=O) groups is 1. The number of benzene rings is 1. The van der Waals surface area contributed by atoms with Crippen molar-refractivity contribution in [2.24, 2.45) is 17.6 Å². The second kappa shape index (κ2) is 6.22. The average Bonchev–Trinajstić information content (AvgIpc) is 2.90. The zero-order chi connectivity index (χ0) is 15.6. The van der Waals surface area contributed by atoms with E-state index in [-0.39, 0.29) is 29.1 Å². The quantitative estimate of drug-likeness (QED) is 0.657. The molecule has 6 nitrogen and oxygen atoms in total. The molecule has 3 N–H and O–H groups in total. The smallest absolute Gasteiger partial charge is 0.293 e. The van der Waals surface area contributed by atoms with Crippen molar-refractivity contribution in [3.63, 3.8) is 0 Å². The number of rotatable bonds is 4. The summed E-state index contributed by atoms with van der Waals surface area (Å²) in [5.74, 6) is -0.124. The molecule has 6 heteroatoms. The molecule has 21 heavy (non-hydrogen) atoms. The third kappa shape index (κ3) is 3.21.